The van der Waals surface area contributed by atoms with Crippen molar-refractivity contribution in [2.45, 2.75) is 45.8 Å². The smallest absolute Gasteiger partial charge is 0.293 e. The Balaban J connectivity index is 1.55. The summed E-state index contributed by atoms with van der Waals surface area (Å²) in [7, 11) is 0. The lowest BCUT2D eigenvalue weighted by Gasteiger charge is -2.32. The van der Waals surface area contributed by atoms with Gasteiger partial charge in [-0.05, 0) is 42.0 Å². The molecule has 1 amide bonds. The highest BCUT2D eigenvalue weighted by Gasteiger charge is 2.30. The third-order valence-corrected chi connectivity index (χ3v) is 6.63. The number of anilines is 1. The predicted molar refractivity (Wildman–Crippen MR) is 145 cm³/mol. The SMILES string of the molecule is CC(C)Cc1cc(C(=O)N2Cc3ccccc3NCc3ccccc3OC[C@@H]2Cc2ccccc2)on1. The number of ether oxygens (including phenoxy) is 1. The van der Waals surface area contributed by atoms with Crippen LogP contribution in [-0.2, 0) is 25.9 Å². The second-order valence-corrected chi connectivity index (χ2v) is 9.99. The van der Waals surface area contributed by atoms with Crippen LogP contribution in [0.2, 0.25) is 0 Å². The number of carbonyl (C=O) groups is 1. The van der Waals surface area contributed by atoms with Crippen LogP contribution in [0.5, 0.6) is 5.75 Å². The topological polar surface area (TPSA) is 67.6 Å². The summed E-state index contributed by atoms with van der Waals surface area (Å²) in [4.78, 5) is 15.9. The van der Waals surface area contributed by atoms with Crippen molar-refractivity contribution in [3.05, 3.63) is 113 Å². The predicted octanol–water partition coefficient (Wildman–Crippen LogP) is 6.13. The van der Waals surface area contributed by atoms with Gasteiger partial charge in [-0.3, -0.25) is 4.79 Å². The third-order valence-electron chi connectivity index (χ3n) is 6.63. The van der Waals surface area contributed by atoms with Crippen LogP contribution in [0.25, 0.3) is 0 Å². The summed E-state index contributed by atoms with van der Waals surface area (Å²) in [6, 6.07) is 28.0. The fourth-order valence-corrected chi connectivity index (χ4v) is 4.76. The van der Waals surface area contributed by atoms with Gasteiger partial charge >= 0.3 is 0 Å². The first-order valence-corrected chi connectivity index (χ1v) is 12.9. The van der Waals surface area contributed by atoms with E-state index in [2.05, 4.69) is 54.7 Å². The van der Waals surface area contributed by atoms with Crippen LogP contribution in [0, 0.1) is 5.92 Å². The third kappa shape index (κ3) is 6.02. The van der Waals surface area contributed by atoms with Crippen molar-refractivity contribution in [3.8, 4) is 5.75 Å². The zero-order valence-electron chi connectivity index (χ0n) is 21.4. The van der Waals surface area contributed by atoms with Gasteiger partial charge in [0.15, 0.2) is 0 Å². The van der Waals surface area contributed by atoms with Crippen molar-refractivity contribution in [1.29, 1.82) is 0 Å². The van der Waals surface area contributed by atoms with Gasteiger partial charge in [-0.2, -0.15) is 0 Å². The summed E-state index contributed by atoms with van der Waals surface area (Å²) < 4.78 is 12.0. The molecule has 0 spiro atoms. The maximum atomic E-state index is 14.0. The van der Waals surface area contributed by atoms with E-state index in [1.807, 2.05) is 53.4 Å². The highest BCUT2D eigenvalue weighted by Crippen LogP contribution is 2.27. The Morgan fingerprint density at radius 3 is 2.54 bits per heavy atom. The van der Waals surface area contributed by atoms with E-state index in [1.165, 1.54) is 0 Å². The summed E-state index contributed by atoms with van der Waals surface area (Å²) in [5.74, 6) is 1.31. The van der Waals surface area contributed by atoms with Crippen LogP contribution >= 0.6 is 0 Å². The average molecular weight is 496 g/mol. The van der Waals surface area contributed by atoms with Gasteiger partial charge in [0.2, 0.25) is 5.76 Å². The molecule has 0 radical (unpaired) electrons. The van der Waals surface area contributed by atoms with Crippen LogP contribution in [0.15, 0.2) is 89.5 Å². The molecule has 2 heterocycles. The van der Waals surface area contributed by atoms with Gasteiger partial charge in [0, 0.05) is 30.4 Å². The maximum absolute atomic E-state index is 14.0. The van der Waals surface area contributed by atoms with E-state index in [1.54, 1.807) is 6.07 Å². The van der Waals surface area contributed by atoms with E-state index in [0.717, 1.165) is 40.2 Å². The van der Waals surface area contributed by atoms with E-state index in [0.29, 0.717) is 32.0 Å². The fourth-order valence-electron chi connectivity index (χ4n) is 4.76. The average Bonchev–Trinajstić information content (AvgIpc) is 3.36. The molecule has 0 aliphatic carbocycles. The molecule has 0 unspecified atom stereocenters. The van der Waals surface area contributed by atoms with Crippen molar-refractivity contribution in [1.82, 2.24) is 10.1 Å². The molecule has 6 heteroatoms. The van der Waals surface area contributed by atoms with E-state index in [4.69, 9.17) is 9.26 Å². The van der Waals surface area contributed by atoms with Gasteiger partial charge in [0.05, 0.1) is 11.7 Å². The normalized spacial score (nSPS) is 15.6. The monoisotopic (exact) mass is 495 g/mol. The van der Waals surface area contributed by atoms with E-state index in [9.17, 15) is 4.79 Å². The molecule has 3 aromatic carbocycles. The van der Waals surface area contributed by atoms with E-state index >= 15 is 0 Å². The summed E-state index contributed by atoms with van der Waals surface area (Å²) in [5, 5.41) is 7.73. The lowest BCUT2D eigenvalue weighted by molar-refractivity contribution is 0.0550. The fraction of sp³-hybridized carbons (Fsp3) is 0.290. The number of nitrogens with zero attached hydrogens (tertiary/aromatic N) is 2. The molecule has 190 valence electrons. The number of nitrogens with one attached hydrogen (secondary N) is 1. The molecule has 1 aliphatic rings. The largest absolute Gasteiger partial charge is 0.491 e. The number of hydrogen-bond acceptors (Lipinski definition) is 5. The number of carbonyl (C=O) groups excluding carboxylic acids is 1. The molecule has 1 N–H and O–H groups in total. The zero-order valence-corrected chi connectivity index (χ0v) is 21.4. The first-order chi connectivity index (χ1) is 18.1. The van der Waals surface area contributed by atoms with Crippen molar-refractivity contribution in [2.24, 2.45) is 5.92 Å². The van der Waals surface area contributed by atoms with E-state index in [-0.39, 0.29) is 17.7 Å². The second-order valence-electron chi connectivity index (χ2n) is 9.99. The second kappa shape index (κ2) is 11.3. The molecule has 0 fully saturated rings. The Hall–Kier alpha value is -4.06. The van der Waals surface area contributed by atoms with Crippen molar-refractivity contribution >= 4 is 11.6 Å². The Bertz CT molecular complexity index is 1330. The standard InChI is InChI=1S/C31H33N3O3/c1-22(2)16-26-18-30(37-33-26)31(35)34-20-25-13-6-8-14-28(25)32-19-24-12-7-9-15-29(24)36-21-27(34)17-23-10-4-3-5-11-23/h3-15,18,22,27,32H,16-17,19-21H2,1-2H3/t27-/m0/s1. The Kier molecular flexibility index (Phi) is 7.54. The van der Waals surface area contributed by atoms with Crippen LogP contribution in [0.3, 0.4) is 0 Å². The Morgan fingerprint density at radius 1 is 1.00 bits per heavy atom. The number of fused-ring (bicyclic) bond motifs is 2. The molecular weight excluding hydrogens is 462 g/mol. The highest BCUT2D eigenvalue weighted by atomic mass is 16.5. The molecule has 1 aromatic heterocycles. The van der Waals surface area contributed by atoms with Crippen LogP contribution in [0.4, 0.5) is 5.69 Å². The van der Waals surface area contributed by atoms with Gasteiger partial charge in [0.1, 0.15) is 12.4 Å². The van der Waals surface area contributed by atoms with Gasteiger partial charge in [0.25, 0.3) is 5.91 Å². The van der Waals surface area contributed by atoms with Gasteiger partial charge in [-0.1, -0.05) is 85.7 Å². The minimum atomic E-state index is -0.229. The number of para-hydroxylation sites is 2. The maximum Gasteiger partial charge on any atom is 0.293 e. The molecule has 1 atom stereocenters. The molecule has 6 nitrogen and oxygen atoms in total. The molecule has 5 rings (SSSR count). The zero-order chi connectivity index (χ0) is 25.6. The number of rotatable bonds is 5. The quantitative estimate of drug-likeness (QED) is 0.361. The van der Waals surface area contributed by atoms with Gasteiger partial charge in [-0.15, -0.1) is 0 Å². The molecule has 0 saturated carbocycles. The number of benzene rings is 3. The van der Waals surface area contributed by atoms with Crippen molar-refractivity contribution < 1.29 is 14.1 Å². The lowest BCUT2D eigenvalue weighted by Crippen LogP contribution is -2.44. The molecule has 37 heavy (non-hydrogen) atoms. The molecule has 4 aromatic rings. The molecular formula is C31H33N3O3. The van der Waals surface area contributed by atoms with E-state index < -0.39 is 0 Å². The summed E-state index contributed by atoms with van der Waals surface area (Å²) >= 11 is 0. The Morgan fingerprint density at radius 2 is 1.73 bits per heavy atom. The van der Waals surface area contributed by atoms with Gasteiger partial charge in [-0.25, -0.2) is 0 Å². The highest BCUT2D eigenvalue weighted by molar-refractivity contribution is 5.91. The summed E-state index contributed by atoms with van der Waals surface area (Å²) in [6.45, 7) is 5.65. The van der Waals surface area contributed by atoms with Gasteiger partial charge < -0.3 is 19.5 Å². The molecule has 1 aliphatic heterocycles. The number of amides is 1. The summed E-state index contributed by atoms with van der Waals surface area (Å²) in [5.41, 5.74) is 5.04. The first-order valence-electron chi connectivity index (χ1n) is 12.9. The minimum absolute atomic E-state index is 0.186. The lowest BCUT2D eigenvalue weighted by atomic mass is 10.0. The van der Waals surface area contributed by atoms with Crippen LogP contribution in [0.1, 0.15) is 46.8 Å². The van der Waals surface area contributed by atoms with Crippen LogP contribution in [-0.4, -0.2) is 28.6 Å². The first kappa shape index (κ1) is 24.6. The number of hydrogen-bond donors (Lipinski definition) is 1. The minimum Gasteiger partial charge on any atom is -0.491 e. The molecule has 0 saturated heterocycles. The molecule has 0 bridgehead atoms. The Labute approximate surface area is 218 Å². The summed E-state index contributed by atoms with van der Waals surface area (Å²) in [6.07, 6.45) is 1.41. The van der Waals surface area contributed by atoms with Crippen molar-refractivity contribution in [2.75, 3.05) is 11.9 Å². The van der Waals surface area contributed by atoms with Crippen LogP contribution < -0.4 is 10.1 Å². The number of aromatic nitrogens is 1. The van der Waals surface area contributed by atoms with Crippen molar-refractivity contribution in [3.63, 3.8) is 0 Å².